The molecule has 3 aromatic rings. The largest absolute Gasteiger partial charge is 0.480 e. The van der Waals surface area contributed by atoms with Crippen molar-refractivity contribution in [2.75, 3.05) is 44.0 Å². The number of fused-ring (bicyclic) bond motifs is 1. The van der Waals surface area contributed by atoms with Gasteiger partial charge in [0.05, 0.1) is 42.2 Å². The molecule has 0 bridgehead atoms. The molecule has 0 unspecified atom stereocenters. The zero-order valence-corrected chi connectivity index (χ0v) is 15.0. The summed E-state index contributed by atoms with van der Waals surface area (Å²) in [5.74, 6) is 1.01. The molecule has 7 nitrogen and oxygen atoms in total. The molecule has 1 saturated heterocycles. The number of benzene rings is 1. The summed E-state index contributed by atoms with van der Waals surface area (Å²) in [6.45, 7) is 2.77. The summed E-state index contributed by atoms with van der Waals surface area (Å²) in [5, 5.41) is 1.43. The van der Waals surface area contributed by atoms with Gasteiger partial charge >= 0.3 is 0 Å². The van der Waals surface area contributed by atoms with Crippen molar-refractivity contribution < 1.29 is 9.47 Å². The first-order chi connectivity index (χ1) is 12.7. The van der Waals surface area contributed by atoms with Gasteiger partial charge in [0, 0.05) is 30.2 Å². The van der Waals surface area contributed by atoms with E-state index in [1.54, 1.807) is 12.3 Å². The Labute approximate surface area is 155 Å². The van der Waals surface area contributed by atoms with Crippen molar-refractivity contribution in [2.24, 2.45) is 0 Å². The molecular formula is C18H18ClN5O2. The number of pyridine rings is 1. The topological polar surface area (TPSA) is 86.4 Å². The van der Waals surface area contributed by atoms with Gasteiger partial charge in [-0.05, 0) is 12.1 Å². The molecule has 1 aliphatic heterocycles. The Morgan fingerprint density at radius 2 is 2.04 bits per heavy atom. The SMILES string of the molecule is COc1ncc(-c2nc(N3CCOCC3)nc3c(Cl)cccc23)cc1N. The summed E-state index contributed by atoms with van der Waals surface area (Å²) in [4.78, 5) is 15.9. The quantitative estimate of drug-likeness (QED) is 0.757. The fourth-order valence-corrected chi connectivity index (χ4v) is 3.22. The summed E-state index contributed by atoms with van der Waals surface area (Å²) in [7, 11) is 1.54. The lowest BCUT2D eigenvalue weighted by Crippen LogP contribution is -2.37. The van der Waals surface area contributed by atoms with Crippen LogP contribution in [0, 0.1) is 0 Å². The van der Waals surface area contributed by atoms with E-state index in [-0.39, 0.29) is 0 Å². The van der Waals surface area contributed by atoms with E-state index in [9.17, 15) is 0 Å². The Hall–Kier alpha value is -2.64. The van der Waals surface area contributed by atoms with Gasteiger partial charge in [0.25, 0.3) is 0 Å². The van der Waals surface area contributed by atoms with Crippen LogP contribution in [-0.4, -0.2) is 48.4 Å². The average Bonchev–Trinajstić information content (AvgIpc) is 2.68. The number of hydrogen-bond donors (Lipinski definition) is 1. The molecule has 0 spiro atoms. The lowest BCUT2D eigenvalue weighted by atomic mass is 10.1. The molecule has 0 atom stereocenters. The zero-order valence-electron chi connectivity index (χ0n) is 14.3. The van der Waals surface area contributed by atoms with E-state index in [0.29, 0.717) is 41.3 Å². The van der Waals surface area contributed by atoms with Crippen LogP contribution in [0.25, 0.3) is 22.2 Å². The molecule has 0 aliphatic carbocycles. The maximum absolute atomic E-state index is 6.41. The highest BCUT2D eigenvalue weighted by Crippen LogP contribution is 2.33. The van der Waals surface area contributed by atoms with E-state index in [1.165, 1.54) is 7.11 Å². The Balaban J connectivity index is 1.91. The number of halogens is 1. The second-order valence-corrected chi connectivity index (χ2v) is 6.34. The Morgan fingerprint density at radius 1 is 1.23 bits per heavy atom. The zero-order chi connectivity index (χ0) is 18.1. The Morgan fingerprint density at radius 3 is 2.77 bits per heavy atom. The van der Waals surface area contributed by atoms with Crippen LogP contribution >= 0.6 is 11.6 Å². The summed E-state index contributed by atoms with van der Waals surface area (Å²) in [5.41, 5.74) is 8.72. The van der Waals surface area contributed by atoms with Crippen molar-refractivity contribution in [3.05, 3.63) is 35.5 Å². The number of anilines is 2. The van der Waals surface area contributed by atoms with E-state index < -0.39 is 0 Å². The Kier molecular flexibility index (Phi) is 4.48. The number of para-hydroxylation sites is 1. The van der Waals surface area contributed by atoms with Crippen LogP contribution < -0.4 is 15.4 Å². The third-order valence-electron chi connectivity index (χ3n) is 4.31. The minimum Gasteiger partial charge on any atom is -0.480 e. The summed E-state index contributed by atoms with van der Waals surface area (Å²) in [6, 6.07) is 7.45. The van der Waals surface area contributed by atoms with Crippen molar-refractivity contribution in [3.63, 3.8) is 0 Å². The maximum atomic E-state index is 6.41. The minimum absolute atomic E-state index is 0.388. The van der Waals surface area contributed by atoms with E-state index >= 15 is 0 Å². The first-order valence-corrected chi connectivity index (χ1v) is 8.64. The van der Waals surface area contributed by atoms with Crippen molar-refractivity contribution in [3.8, 4) is 17.1 Å². The number of hydrogen-bond acceptors (Lipinski definition) is 7. The molecular weight excluding hydrogens is 354 g/mol. The molecule has 3 heterocycles. The van der Waals surface area contributed by atoms with Gasteiger partial charge in [-0.3, -0.25) is 0 Å². The summed E-state index contributed by atoms with van der Waals surface area (Å²) >= 11 is 6.41. The molecule has 0 saturated carbocycles. The average molecular weight is 372 g/mol. The lowest BCUT2D eigenvalue weighted by Gasteiger charge is -2.27. The molecule has 1 aliphatic rings. The highest BCUT2D eigenvalue weighted by Gasteiger charge is 2.19. The van der Waals surface area contributed by atoms with E-state index in [0.717, 1.165) is 29.7 Å². The van der Waals surface area contributed by atoms with Gasteiger partial charge < -0.3 is 20.1 Å². The van der Waals surface area contributed by atoms with Gasteiger partial charge in [0.1, 0.15) is 0 Å². The number of ether oxygens (including phenoxy) is 2. The number of aromatic nitrogens is 3. The predicted octanol–water partition coefficient (Wildman–Crippen LogP) is 2.77. The summed E-state index contributed by atoms with van der Waals surface area (Å²) < 4.78 is 10.6. The second-order valence-electron chi connectivity index (χ2n) is 5.93. The number of methoxy groups -OCH3 is 1. The fraction of sp³-hybridized carbons (Fsp3) is 0.278. The van der Waals surface area contributed by atoms with Crippen molar-refractivity contribution in [2.45, 2.75) is 0 Å². The molecule has 134 valence electrons. The van der Waals surface area contributed by atoms with Crippen molar-refractivity contribution in [1.82, 2.24) is 15.0 Å². The molecule has 2 N–H and O–H groups in total. The van der Waals surface area contributed by atoms with E-state index in [4.69, 9.17) is 36.8 Å². The molecule has 8 heteroatoms. The van der Waals surface area contributed by atoms with Crippen LogP contribution in [0.3, 0.4) is 0 Å². The van der Waals surface area contributed by atoms with Gasteiger partial charge in [0.15, 0.2) is 0 Å². The number of rotatable bonds is 3. The standard InChI is InChI=1S/C18H18ClN5O2/c1-25-17-14(20)9-11(10-21-17)15-12-3-2-4-13(19)16(12)23-18(22-15)24-5-7-26-8-6-24/h2-4,9-10H,5-8,20H2,1H3. The van der Waals surface area contributed by atoms with Gasteiger partial charge in [-0.2, -0.15) is 0 Å². The molecule has 26 heavy (non-hydrogen) atoms. The van der Waals surface area contributed by atoms with Gasteiger partial charge in [-0.1, -0.05) is 23.7 Å². The van der Waals surface area contributed by atoms with Gasteiger partial charge in [-0.25, -0.2) is 15.0 Å². The van der Waals surface area contributed by atoms with Crippen LogP contribution in [0.2, 0.25) is 5.02 Å². The molecule has 1 aromatic carbocycles. The Bertz CT molecular complexity index is 960. The number of nitrogen functional groups attached to an aromatic ring is 1. The predicted molar refractivity (Wildman–Crippen MR) is 102 cm³/mol. The number of nitrogens with zero attached hydrogens (tertiary/aromatic N) is 4. The lowest BCUT2D eigenvalue weighted by molar-refractivity contribution is 0.122. The normalized spacial score (nSPS) is 14.6. The molecule has 4 rings (SSSR count). The smallest absolute Gasteiger partial charge is 0.236 e. The first kappa shape index (κ1) is 16.8. The van der Waals surface area contributed by atoms with Crippen molar-refractivity contribution >= 4 is 34.1 Å². The summed E-state index contributed by atoms with van der Waals surface area (Å²) in [6.07, 6.45) is 1.70. The number of morpholine rings is 1. The highest BCUT2D eigenvalue weighted by molar-refractivity contribution is 6.35. The number of nitrogens with two attached hydrogens (primary N) is 1. The van der Waals surface area contributed by atoms with E-state index in [1.807, 2.05) is 18.2 Å². The van der Waals surface area contributed by atoms with E-state index in [2.05, 4.69) is 9.88 Å². The van der Waals surface area contributed by atoms with Crippen LogP contribution in [-0.2, 0) is 4.74 Å². The van der Waals surface area contributed by atoms with Crippen LogP contribution in [0.5, 0.6) is 5.88 Å². The molecule has 0 radical (unpaired) electrons. The van der Waals surface area contributed by atoms with Gasteiger partial charge in [-0.15, -0.1) is 0 Å². The van der Waals surface area contributed by atoms with Gasteiger partial charge in [0.2, 0.25) is 11.8 Å². The third-order valence-corrected chi connectivity index (χ3v) is 4.61. The molecule has 0 amide bonds. The van der Waals surface area contributed by atoms with Crippen molar-refractivity contribution in [1.29, 1.82) is 0 Å². The van der Waals surface area contributed by atoms with Crippen LogP contribution in [0.4, 0.5) is 11.6 Å². The minimum atomic E-state index is 0.388. The van der Waals surface area contributed by atoms with Crippen LogP contribution in [0.1, 0.15) is 0 Å². The van der Waals surface area contributed by atoms with Crippen LogP contribution in [0.15, 0.2) is 30.5 Å². The molecule has 2 aromatic heterocycles. The second kappa shape index (κ2) is 6.93. The highest BCUT2D eigenvalue weighted by atomic mass is 35.5. The third kappa shape index (κ3) is 3.00. The maximum Gasteiger partial charge on any atom is 0.236 e. The monoisotopic (exact) mass is 371 g/mol. The first-order valence-electron chi connectivity index (χ1n) is 8.26. The molecule has 1 fully saturated rings. The fourth-order valence-electron chi connectivity index (χ4n) is 3.00.